The van der Waals surface area contributed by atoms with E-state index >= 15 is 0 Å². The van der Waals surface area contributed by atoms with Crippen molar-refractivity contribution in [1.29, 1.82) is 0 Å². The van der Waals surface area contributed by atoms with Gasteiger partial charge in [0.15, 0.2) is 0 Å². The highest BCUT2D eigenvalue weighted by atomic mass is 32.2. The number of fused-ring (bicyclic) bond motifs is 1. The molecule has 2 aromatic rings. The standard InChI is InChI=1S/C29H38N2O6S2/c1-21-9-14-26(15-10-21)38(33,34)30(4)19-28-22(2)18-31(23(3)20-32)39(35,36)29-16-13-25(17-27(29)37-28)12-11-24-7-5-6-8-24/h9-10,13-17,22-24,28,32H,5-8,18-20H2,1-4H3/t22-,23-,28-/m1/s1. The predicted molar refractivity (Wildman–Crippen MR) is 150 cm³/mol. The fraction of sp³-hybridized carbons (Fsp3) is 0.517. The van der Waals surface area contributed by atoms with E-state index in [0.717, 1.165) is 18.4 Å². The summed E-state index contributed by atoms with van der Waals surface area (Å²) in [6.45, 7) is 5.10. The van der Waals surface area contributed by atoms with Crippen LogP contribution in [0.1, 0.15) is 50.7 Å². The van der Waals surface area contributed by atoms with Crippen LogP contribution < -0.4 is 4.74 Å². The Morgan fingerprint density at radius 1 is 1.15 bits per heavy atom. The molecule has 2 aliphatic rings. The second kappa shape index (κ2) is 12.0. The smallest absolute Gasteiger partial charge is 0.247 e. The van der Waals surface area contributed by atoms with Gasteiger partial charge in [-0.3, -0.25) is 0 Å². The van der Waals surface area contributed by atoms with E-state index in [9.17, 15) is 21.9 Å². The molecule has 1 N–H and O–H groups in total. The highest BCUT2D eigenvalue weighted by molar-refractivity contribution is 7.89. The van der Waals surface area contributed by atoms with Gasteiger partial charge in [-0.15, -0.1) is 0 Å². The molecule has 0 saturated heterocycles. The summed E-state index contributed by atoms with van der Waals surface area (Å²) in [7, 11) is -6.30. The molecule has 1 saturated carbocycles. The van der Waals surface area contributed by atoms with Crippen LogP contribution in [-0.4, -0.2) is 69.4 Å². The fourth-order valence-corrected chi connectivity index (χ4v) is 8.03. The SMILES string of the molecule is Cc1ccc(S(=O)(=O)N(C)C[C@H]2Oc3cc(C#CC4CCCC4)ccc3S(=O)(=O)N([C@H](C)CO)C[C@H]2C)cc1. The van der Waals surface area contributed by atoms with Gasteiger partial charge in [-0.25, -0.2) is 16.8 Å². The second-order valence-electron chi connectivity index (χ2n) is 10.8. The molecule has 0 unspecified atom stereocenters. The normalized spacial score (nSPS) is 22.7. The van der Waals surface area contributed by atoms with Crippen molar-refractivity contribution in [3.05, 3.63) is 53.6 Å². The zero-order valence-electron chi connectivity index (χ0n) is 23.0. The minimum absolute atomic E-state index is 0.0101. The molecular weight excluding hydrogens is 536 g/mol. The summed E-state index contributed by atoms with van der Waals surface area (Å²) in [6.07, 6.45) is 3.82. The molecule has 3 atom stereocenters. The molecule has 2 aromatic carbocycles. The first-order valence-electron chi connectivity index (χ1n) is 13.4. The molecule has 1 fully saturated rings. The maximum absolute atomic E-state index is 13.7. The Morgan fingerprint density at radius 3 is 2.46 bits per heavy atom. The Labute approximate surface area is 233 Å². The number of hydrogen-bond acceptors (Lipinski definition) is 6. The molecule has 4 rings (SSSR count). The number of ether oxygens (including phenoxy) is 1. The van der Waals surface area contributed by atoms with Gasteiger partial charge in [-0.2, -0.15) is 8.61 Å². The fourth-order valence-electron chi connectivity index (χ4n) is 5.02. The number of hydrogen-bond donors (Lipinski definition) is 1. The van der Waals surface area contributed by atoms with E-state index in [0.29, 0.717) is 11.5 Å². The van der Waals surface area contributed by atoms with E-state index in [1.807, 2.05) is 13.8 Å². The number of benzene rings is 2. The van der Waals surface area contributed by atoms with E-state index < -0.39 is 32.2 Å². The number of likely N-dealkylation sites (N-methyl/N-ethyl adjacent to an activating group) is 1. The van der Waals surface area contributed by atoms with Crippen LogP contribution in [0.15, 0.2) is 52.3 Å². The summed E-state index contributed by atoms with van der Waals surface area (Å²) >= 11 is 0. The molecule has 0 spiro atoms. The van der Waals surface area contributed by atoms with Crippen LogP contribution in [0.4, 0.5) is 0 Å². The highest BCUT2D eigenvalue weighted by Gasteiger charge is 2.39. The van der Waals surface area contributed by atoms with Crippen molar-refractivity contribution in [3.8, 4) is 17.6 Å². The Balaban J connectivity index is 1.71. The molecule has 212 valence electrons. The van der Waals surface area contributed by atoms with Gasteiger partial charge >= 0.3 is 0 Å². The van der Waals surface area contributed by atoms with Crippen molar-refractivity contribution in [1.82, 2.24) is 8.61 Å². The Morgan fingerprint density at radius 2 is 1.82 bits per heavy atom. The molecule has 0 radical (unpaired) electrons. The van der Waals surface area contributed by atoms with Crippen LogP contribution in [0.25, 0.3) is 0 Å². The molecule has 1 heterocycles. The molecule has 39 heavy (non-hydrogen) atoms. The van der Waals surface area contributed by atoms with Crippen LogP contribution in [0.3, 0.4) is 0 Å². The first-order chi connectivity index (χ1) is 18.4. The average molecular weight is 575 g/mol. The molecule has 0 aromatic heterocycles. The average Bonchev–Trinajstić information content (AvgIpc) is 3.43. The lowest BCUT2D eigenvalue weighted by Crippen LogP contribution is -2.50. The van der Waals surface area contributed by atoms with Crippen molar-refractivity contribution < 1.29 is 26.7 Å². The molecule has 1 aliphatic heterocycles. The van der Waals surface area contributed by atoms with Gasteiger partial charge < -0.3 is 9.84 Å². The Bertz CT molecular complexity index is 1440. The lowest BCUT2D eigenvalue weighted by Gasteiger charge is -2.37. The molecule has 0 bridgehead atoms. The lowest BCUT2D eigenvalue weighted by atomic mass is 10.0. The number of sulfonamides is 2. The van der Waals surface area contributed by atoms with Crippen LogP contribution in [0, 0.1) is 30.6 Å². The van der Waals surface area contributed by atoms with Gasteiger partial charge in [-0.1, -0.05) is 49.3 Å². The van der Waals surface area contributed by atoms with Crippen molar-refractivity contribution >= 4 is 20.0 Å². The third-order valence-electron chi connectivity index (χ3n) is 7.61. The number of aliphatic hydroxyl groups excluding tert-OH is 1. The van der Waals surface area contributed by atoms with Crippen molar-refractivity contribution in [3.63, 3.8) is 0 Å². The zero-order valence-corrected chi connectivity index (χ0v) is 24.6. The van der Waals surface area contributed by atoms with Crippen LogP contribution >= 0.6 is 0 Å². The molecule has 1 aliphatic carbocycles. The van der Waals surface area contributed by atoms with E-state index in [-0.39, 0.29) is 41.2 Å². The third-order valence-corrected chi connectivity index (χ3v) is 11.5. The number of rotatable bonds is 6. The summed E-state index contributed by atoms with van der Waals surface area (Å²) in [5.74, 6) is 6.57. The number of aryl methyl sites for hydroxylation is 1. The molecule has 0 amide bonds. The monoisotopic (exact) mass is 574 g/mol. The van der Waals surface area contributed by atoms with Gasteiger partial charge in [-0.05, 0) is 57.0 Å². The van der Waals surface area contributed by atoms with Crippen LogP contribution in [-0.2, 0) is 20.0 Å². The largest absolute Gasteiger partial charge is 0.487 e. The summed E-state index contributed by atoms with van der Waals surface area (Å²) in [6, 6.07) is 10.8. The van der Waals surface area contributed by atoms with E-state index in [4.69, 9.17) is 4.74 Å². The summed E-state index contributed by atoms with van der Waals surface area (Å²) < 4.78 is 62.9. The quantitative estimate of drug-likeness (QED) is 0.529. The third kappa shape index (κ3) is 6.50. The number of nitrogens with zero attached hydrogens (tertiary/aromatic N) is 2. The van der Waals surface area contributed by atoms with Crippen molar-refractivity contribution in [2.45, 2.75) is 68.4 Å². The Kier molecular flexibility index (Phi) is 9.08. The second-order valence-corrected chi connectivity index (χ2v) is 14.7. The minimum atomic E-state index is -3.99. The van der Waals surface area contributed by atoms with Gasteiger partial charge in [0.2, 0.25) is 20.0 Å². The molecular formula is C29H38N2O6S2. The topological polar surface area (TPSA) is 104 Å². The van der Waals surface area contributed by atoms with Gasteiger partial charge in [0.05, 0.1) is 18.0 Å². The van der Waals surface area contributed by atoms with Gasteiger partial charge in [0.25, 0.3) is 0 Å². The van der Waals surface area contributed by atoms with Crippen LogP contribution in [0.2, 0.25) is 0 Å². The first-order valence-corrected chi connectivity index (χ1v) is 16.3. The van der Waals surface area contributed by atoms with E-state index in [1.165, 1.54) is 34.6 Å². The molecule has 10 heteroatoms. The predicted octanol–water partition coefficient (Wildman–Crippen LogP) is 3.63. The summed E-state index contributed by atoms with van der Waals surface area (Å²) in [4.78, 5) is 0.159. The lowest BCUT2D eigenvalue weighted by molar-refractivity contribution is 0.0904. The maximum Gasteiger partial charge on any atom is 0.247 e. The van der Waals surface area contributed by atoms with Crippen LogP contribution in [0.5, 0.6) is 5.75 Å². The summed E-state index contributed by atoms with van der Waals surface area (Å²) in [5.41, 5.74) is 1.60. The maximum atomic E-state index is 13.7. The van der Waals surface area contributed by atoms with Gasteiger partial charge in [0.1, 0.15) is 16.7 Å². The molecule has 8 nitrogen and oxygen atoms in total. The number of aliphatic hydroxyl groups is 1. The summed E-state index contributed by atoms with van der Waals surface area (Å²) in [5, 5.41) is 9.85. The Hall–Kier alpha value is -2.42. The van der Waals surface area contributed by atoms with E-state index in [2.05, 4.69) is 11.8 Å². The zero-order chi connectivity index (χ0) is 28.4. The highest BCUT2D eigenvalue weighted by Crippen LogP contribution is 2.34. The first kappa shape index (κ1) is 29.6. The van der Waals surface area contributed by atoms with Crippen molar-refractivity contribution in [2.75, 3.05) is 26.7 Å². The van der Waals surface area contributed by atoms with E-state index in [1.54, 1.807) is 43.3 Å². The minimum Gasteiger partial charge on any atom is -0.487 e. The van der Waals surface area contributed by atoms with Gasteiger partial charge in [0, 0.05) is 37.0 Å². The van der Waals surface area contributed by atoms with Crippen molar-refractivity contribution in [2.24, 2.45) is 11.8 Å².